The summed E-state index contributed by atoms with van der Waals surface area (Å²) in [4.78, 5) is 4.35. The van der Waals surface area contributed by atoms with Crippen LogP contribution in [0.2, 0.25) is 0 Å². The molecule has 0 amide bonds. The maximum absolute atomic E-state index is 5.66. The largest absolute Gasteiger partial charge is 0.402 e. The SMILES string of the molecule is C\C=N/C(C)=c1\cccc\c1=C\C=C(C)\C=C(/C)N. The van der Waals surface area contributed by atoms with Crippen molar-refractivity contribution in [2.24, 2.45) is 10.7 Å². The fourth-order valence-corrected chi connectivity index (χ4v) is 1.86. The van der Waals surface area contributed by atoms with Gasteiger partial charge >= 0.3 is 0 Å². The molecule has 2 N–H and O–H groups in total. The van der Waals surface area contributed by atoms with E-state index >= 15 is 0 Å². The first kappa shape index (κ1) is 15.0. The molecule has 0 saturated heterocycles. The molecule has 100 valence electrons. The Hall–Kier alpha value is -2.09. The van der Waals surface area contributed by atoms with Crippen molar-refractivity contribution in [1.29, 1.82) is 0 Å². The molecule has 1 rings (SSSR count). The highest BCUT2D eigenvalue weighted by Gasteiger charge is 1.89. The predicted octanol–water partition coefficient (Wildman–Crippen LogP) is 2.49. The summed E-state index contributed by atoms with van der Waals surface area (Å²) in [5.41, 5.74) is 8.63. The van der Waals surface area contributed by atoms with Crippen LogP contribution in [0.3, 0.4) is 0 Å². The Balaban J connectivity index is 3.38. The van der Waals surface area contributed by atoms with Gasteiger partial charge in [0.05, 0.1) is 0 Å². The summed E-state index contributed by atoms with van der Waals surface area (Å²) in [7, 11) is 0. The van der Waals surface area contributed by atoms with Crippen LogP contribution >= 0.6 is 0 Å². The molecule has 1 aromatic carbocycles. The molecule has 0 aliphatic heterocycles. The van der Waals surface area contributed by atoms with Gasteiger partial charge in [-0.25, -0.2) is 0 Å². The summed E-state index contributed by atoms with van der Waals surface area (Å²) in [6.07, 6.45) is 7.94. The number of benzene rings is 1. The van der Waals surface area contributed by atoms with Gasteiger partial charge in [-0.05, 0) is 44.6 Å². The van der Waals surface area contributed by atoms with Crippen molar-refractivity contribution in [3.05, 3.63) is 58.1 Å². The lowest BCUT2D eigenvalue weighted by atomic mass is 10.1. The smallest absolute Gasteiger partial charge is 0.0446 e. The first-order valence-electron chi connectivity index (χ1n) is 6.41. The molecule has 2 heteroatoms. The summed E-state index contributed by atoms with van der Waals surface area (Å²) < 4.78 is 0. The van der Waals surface area contributed by atoms with E-state index < -0.39 is 0 Å². The van der Waals surface area contributed by atoms with Crippen LogP contribution in [-0.4, -0.2) is 6.21 Å². The minimum absolute atomic E-state index is 0.814. The highest BCUT2D eigenvalue weighted by Crippen LogP contribution is 1.97. The third-order valence-electron chi connectivity index (χ3n) is 2.65. The lowest BCUT2D eigenvalue weighted by Gasteiger charge is -1.95. The predicted molar refractivity (Wildman–Crippen MR) is 85.1 cm³/mol. The van der Waals surface area contributed by atoms with Crippen LogP contribution in [0.1, 0.15) is 27.7 Å². The Bertz CT molecular complexity index is 627. The molecular formula is C17H22N2. The average Bonchev–Trinajstić information content (AvgIpc) is 2.36. The van der Waals surface area contributed by atoms with Crippen molar-refractivity contribution >= 4 is 18.0 Å². The fourth-order valence-electron chi connectivity index (χ4n) is 1.86. The van der Waals surface area contributed by atoms with Crippen molar-refractivity contribution in [2.45, 2.75) is 27.7 Å². The van der Waals surface area contributed by atoms with E-state index in [0.29, 0.717) is 0 Å². The Labute approximate surface area is 115 Å². The Morgan fingerprint density at radius 3 is 2.47 bits per heavy atom. The van der Waals surface area contributed by atoms with E-state index in [-0.39, 0.29) is 0 Å². The molecule has 19 heavy (non-hydrogen) atoms. The van der Waals surface area contributed by atoms with E-state index in [9.17, 15) is 0 Å². The molecule has 0 heterocycles. The molecule has 1 aromatic rings. The molecule has 0 atom stereocenters. The highest BCUT2D eigenvalue weighted by molar-refractivity contribution is 5.62. The first-order chi connectivity index (χ1) is 9.04. The number of aliphatic imine (C=N–C) groups is 1. The molecule has 0 unspecified atom stereocenters. The van der Waals surface area contributed by atoms with Crippen LogP contribution in [0.5, 0.6) is 0 Å². The van der Waals surface area contributed by atoms with Crippen molar-refractivity contribution in [1.82, 2.24) is 0 Å². The van der Waals surface area contributed by atoms with Crippen LogP contribution in [0.15, 0.2) is 52.7 Å². The van der Waals surface area contributed by atoms with Crippen LogP contribution < -0.4 is 16.2 Å². The van der Waals surface area contributed by atoms with Gasteiger partial charge in [-0.2, -0.15) is 0 Å². The van der Waals surface area contributed by atoms with Gasteiger partial charge in [0.1, 0.15) is 0 Å². The molecule has 0 bridgehead atoms. The Kier molecular flexibility index (Phi) is 5.80. The topological polar surface area (TPSA) is 38.4 Å². The van der Waals surface area contributed by atoms with Crippen molar-refractivity contribution in [3.8, 4) is 0 Å². The quantitative estimate of drug-likeness (QED) is 0.653. The van der Waals surface area contributed by atoms with Crippen LogP contribution in [0.25, 0.3) is 11.8 Å². The third-order valence-corrected chi connectivity index (χ3v) is 2.65. The zero-order chi connectivity index (χ0) is 14.3. The normalized spacial score (nSPS) is 16.1. The Morgan fingerprint density at radius 2 is 1.84 bits per heavy atom. The lowest BCUT2D eigenvalue weighted by molar-refractivity contribution is 1.29. The summed E-state index contributed by atoms with van der Waals surface area (Å²) >= 11 is 0. The number of nitrogens with zero attached hydrogens (tertiary/aromatic N) is 1. The van der Waals surface area contributed by atoms with E-state index in [0.717, 1.165) is 27.4 Å². The average molecular weight is 254 g/mol. The van der Waals surface area contributed by atoms with Crippen molar-refractivity contribution in [3.63, 3.8) is 0 Å². The number of hydrogen-bond acceptors (Lipinski definition) is 2. The molecule has 2 nitrogen and oxygen atoms in total. The summed E-state index contributed by atoms with van der Waals surface area (Å²) in [6.45, 7) is 7.87. The van der Waals surface area contributed by atoms with Gasteiger partial charge in [0.2, 0.25) is 0 Å². The summed E-state index contributed by atoms with van der Waals surface area (Å²) in [5, 5.41) is 2.31. The molecule has 0 aliphatic rings. The van der Waals surface area contributed by atoms with Crippen LogP contribution in [-0.2, 0) is 0 Å². The van der Waals surface area contributed by atoms with Crippen molar-refractivity contribution < 1.29 is 0 Å². The van der Waals surface area contributed by atoms with Gasteiger partial charge in [-0.15, -0.1) is 0 Å². The second-order valence-electron chi connectivity index (χ2n) is 4.53. The second kappa shape index (κ2) is 7.37. The number of hydrogen-bond donors (Lipinski definition) is 1. The van der Waals surface area contributed by atoms with Gasteiger partial charge in [-0.3, -0.25) is 4.99 Å². The zero-order valence-electron chi connectivity index (χ0n) is 12.1. The minimum Gasteiger partial charge on any atom is -0.402 e. The molecule has 0 aliphatic carbocycles. The third kappa shape index (κ3) is 4.96. The monoisotopic (exact) mass is 254 g/mol. The minimum atomic E-state index is 0.814. The number of allylic oxidation sites excluding steroid dienone is 4. The van der Waals surface area contributed by atoms with Crippen molar-refractivity contribution in [2.75, 3.05) is 0 Å². The van der Waals surface area contributed by atoms with Crippen LogP contribution in [0.4, 0.5) is 0 Å². The van der Waals surface area contributed by atoms with E-state index in [4.69, 9.17) is 5.73 Å². The molecule has 0 spiro atoms. The first-order valence-corrected chi connectivity index (χ1v) is 6.41. The summed E-state index contributed by atoms with van der Waals surface area (Å²) in [5.74, 6) is 0. The molecule has 0 fully saturated rings. The maximum Gasteiger partial charge on any atom is 0.0446 e. The molecule has 0 saturated carbocycles. The van der Waals surface area contributed by atoms with Gasteiger partial charge in [0, 0.05) is 22.8 Å². The van der Waals surface area contributed by atoms with E-state index in [1.165, 1.54) is 0 Å². The second-order valence-corrected chi connectivity index (χ2v) is 4.53. The van der Waals surface area contributed by atoms with Gasteiger partial charge in [-0.1, -0.05) is 36.4 Å². The van der Waals surface area contributed by atoms with E-state index in [1.807, 2.05) is 52.1 Å². The summed E-state index contributed by atoms with van der Waals surface area (Å²) in [6, 6.07) is 8.24. The maximum atomic E-state index is 5.66. The standard InChI is InChI=1S/C17H22N2/c1-5-19-15(4)17-9-7-6-8-16(17)11-10-13(2)12-14(3)18/h5-12H,18H2,1-4H3/b13-10+,14-12+,16-11-,17-15+,19-5-. The molecule has 0 radical (unpaired) electrons. The lowest BCUT2D eigenvalue weighted by Crippen LogP contribution is -2.25. The van der Waals surface area contributed by atoms with Crippen LogP contribution in [0, 0.1) is 0 Å². The van der Waals surface area contributed by atoms with Gasteiger partial charge < -0.3 is 5.73 Å². The zero-order valence-corrected chi connectivity index (χ0v) is 12.1. The number of nitrogens with two attached hydrogens (primary N) is 1. The van der Waals surface area contributed by atoms with Gasteiger partial charge in [0.25, 0.3) is 0 Å². The van der Waals surface area contributed by atoms with Gasteiger partial charge in [0.15, 0.2) is 0 Å². The molecule has 0 aromatic heterocycles. The Morgan fingerprint density at radius 1 is 1.16 bits per heavy atom. The molecular weight excluding hydrogens is 232 g/mol. The van der Waals surface area contributed by atoms with E-state index in [1.54, 1.807) is 0 Å². The highest BCUT2D eigenvalue weighted by atomic mass is 14.7. The van der Waals surface area contributed by atoms with E-state index in [2.05, 4.69) is 29.3 Å². The fraction of sp³-hybridized carbons (Fsp3) is 0.235. The number of rotatable bonds is 3.